The molecule has 0 unspecified atom stereocenters. The fourth-order valence-corrected chi connectivity index (χ4v) is 5.14. The second kappa shape index (κ2) is 8.49. The smallest absolute Gasteiger partial charge is 0.206 e. The maximum Gasteiger partial charge on any atom is 0.206 e. The highest BCUT2D eigenvalue weighted by molar-refractivity contribution is 6.30. The van der Waals surface area contributed by atoms with E-state index in [1.807, 2.05) is 18.7 Å². The van der Waals surface area contributed by atoms with Crippen molar-refractivity contribution in [2.75, 3.05) is 18.0 Å². The Hall–Kier alpha value is -2.86. The molecule has 5 nitrogen and oxygen atoms in total. The number of halogens is 2. The van der Waals surface area contributed by atoms with Crippen LogP contribution >= 0.6 is 11.6 Å². The Labute approximate surface area is 198 Å². The van der Waals surface area contributed by atoms with E-state index in [0.717, 1.165) is 65.4 Å². The zero-order valence-corrected chi connectivity index (χ0v) is 20.4. The molecule has 1 saturated heterocycles. The topological polar surface area (TPSA) is 38.9 Å². The highest BCUT2D eigenvalue weighted by Crippen LogP contribution is 2.37. The number of rotatable bonds is 4. The molecule has 0 radical (unpaired) electrons. The molecule has 5 rings (SSSR count). The van der Waals surface area contributed by atoms with Crippen molar-refractivity contribution in [2.24, 2.45) is 7.05 Å². The lowest BCUT2D eigenvalue weighted by molar-refractivity contribution is 0.560. The third-order valence-electron chi connectivity index (χ3n) is 6.76. The van der Waals surface area contributed by atoms with Crippen LogP contribution in [0, 0.1) is 26.6 Å². The quantitative estimate of drug-likeness (QED) is 0.360. The number of imidazole rings is 1. The van der Waals surface area contributed by atoms with E-state index in [1.54, 1.807) is 12.1 Å². The van der Waals surface area contributed by atoms with E-state index in [1.165, 1.54) is 23.6 Å². The van der Waals surface area contributed by atoms with Crippen LogP contribution in [-0.2, 0) is 13.6 Å². The summed E-state index contributed by atoms with van der Waals surface area (Å²) in [4.78, 5) is 7.63. The van der Waals surface area contributed by atoms with Gasteiger partial charge in [-0.25, -0.2) is 9.37 Å². The van der Waals surface area contributed by atoms with Gasteiger partial charge in [0, 0.05) is 25.7 Å². The zero-order chi connectivity index (χ0) is 23.3. The van der Waals surface area contributed by atoms with Crippen LogP contribution < -0.4 is 4.90 Å². The lowest BCUT2D eigenvalue weighted by atomic mass is 9.98. The van der Waals surface area contributed by atoms with Gasteiger partial charge in [0.2, 0.25) is 5.95 Å². The summed E-state index contributed by atoms with van der Waals surface area (Å²) < 4.78 is 18.0. The van der Waals surface area contributed by atoms with Gasteiger partial charge < -0.3 is 9.47 Å². The van der Waals surface area contributed by atoms with Crippen molar-refractivity contribution >= 4 is 28.6 Å². The van der Waals surface area contributed by atoms with Crippen LogP contribution in [0.1, 0.15) is 41.6 Å². The van der Waals surface area contributed by atoms with Crippen molar-refractivity contribution in [3.05, 3.63) is 63.6 Å². The predicted octanol–water partition coefficient (Wildman–Crippen LogP) is 6.19. The maximum absolute atomic E-state index is 13.8. The minimum Gasteiger partial charge on any atom is -0.342 e. The molecule has 0 bridgehead atoms. The molecule has 0 saturated carbocycles. The monoisotopic (exact) mass is 465 g/mol. The lowest BCUT2D eigenvalue weighted by Crippen LogP contribution is -2.32. The van der Waals surface area contributed by atoms with Crippen molar-refractivity contribution in [3.63, 3.8) is 0 Å². The maximum atomic E-state index is 13.8. The fourth-order valence-electron chi connectivity index (χ4n) is 4.94. The summed E-state index contributed by atoms with van der Waals surface area (Å²) in [5.41, 5.74) is 8.61. The normalized spacial score (nSPS) is 14.4. The number of anilines is 1. The highest BCUT2D eigenvalue weighted by atomic mass is 35.5. The number of nitrogens with zero attached hydrogens (tertiary/aromatic N) is 5. The Morgan fingerprint density at radius 1 is 1.03 bits per heavy atom. The van der Waals surface area contributed by atoms with E-state index in [4.69, 9.17) is 16.6 Å². The van der Waals surface area contributed by atoms with E-state index < -0.39 is 5.82 Å². The molecule has 0 N–H and O–H groups in total. The molecule has 3 heterocycles. The molecular weight excluding hydrogens is 437 g/mol. The fraction of sp³-hybridized carbons (Fsp3) is 0.385. The number of piperidine rings is 1. The first-order valence-electron chi connectivity index (χ1n) is 11.5. The molecule has 7 heteroatoms. The van der Waals surface area contributed by atoms with Crippen LogP contribution in [0.3, 0.4) is 0 Å². The molecule has 2 aromatic heterocycles. The van der Waals surface area contributed by atoms with Gasteiger partial charge in [0.15, 0.2) is 0 Å². The summed E-state index contributed by atoms with van der Waals surface area (Å²) in [6, 6.07) is 9.31. The summed E-state index contributed by atoms with van der Waals surface area (Å²) in [6.07, 6.45) is 3.58. The predicted molar refractivity (Wildman–Crippen MR) is 133 cm³/mol. The Morgan fingerprint density at radius 2 is 1.79 bits per heavy atom. The third kappa shape index (κ3) is 3.90. The van der Waals surface area contributed by atoms with Gasteiger partial charge in [-0.05, 0) is 81.0 Å². The van der Waals surface area contributed by atoms with Crippen LogP contribution in [0.5, 0.6) is 0 Å². The van der Waals surface area contributed by atoms with E-state index in [0.29, 0.717) is 6.54 Å². The van der Waals surface area contributed by atoms with Crippen LogP contribution in [0.25, 0.3) is 22.3 Å². The Bertz CT molecular complexity index is 1350. The van der Waals surface area contributed by atoms with Crippen molar-refractivity contribution in [1.29, 1.82) is 0 Å². The van der Waals surface area contributed by atoms with Crippen molar-refractivity contribution < 1.29 is 4.39 Å². The van der Waals surface area contributed by atoms with Gasteiger partial charge in [-0.3, -0.25) is 4.68 Å². The van der Waals surface area contributed by atoms with Crippen LogP contribution in [0.4, 0.5) is 10.3 Å². The molecule has 2 aromatic carbocycles. The van der Waals surface area contributed by atoms with Gasteiger partial charge in [-0.15, -0.1) is 0 Å². The van der Waals surface area contributed by atoms with E-state index >= 15 is 0 Å². The number of aromatic nitrogens is 4. The first-order valence-corrected chi connectivity index (χ1v) is 11.9. The summed E-state index contributed by atoms with van der Waals surface area (Å²) in [5.74, 6) is 0.572. The number of hydrogen-bond donors (Lipinski definition) is 0. The Kier molecular flexibility index (Phi) is 5.65. The Balaban J connectivity index is 1.76. The molecule has 172 valence electrons. The van der Waals surface area contributed by atoms with E-state index in [2.05, 4.69) is 40.5 Å². The minimum absolute atomic E-state index is 0.148. The molecule has 1 aliphatic heterocycles. The number of aryl methyl sites for hydroxylation is 3. The molecular formula is C26H29ClFN5. The number of hydrogen-bond acceptors (Lipinski definition) is 3. The summed E-state index contributed by atoms with van der Waals surface area (Å²) in [5, 5.41) is 4.74. The first kappa shape index (κ1) is 22.0. The summed E-state index contributed by atoms with van der Waals surface area (Å²) in [6.45, 7) is 8.88. The SMILES string of the molecule is Cc1cc(-c2c(C)c(C)cc3c2nc(N2CCCCC2)n3Cc2ccc(F)c(Cl)c2)n(C)n1. The number of fused-ring (bicyclic) bond motifs is 1. The second-order valence-electron chi connectivity index (χ2n) is 9.15. The first-order chi connectivity index (χ1) is 15.8. The molecule has 4 aromatic rings. The van der Waals surface area contributed by atoms with Gasteiger partial charge in [0.25, 0.3) is 0 Å². The lowest BCUT2D eigenvalue weighted by Gasteiger charge is -2.28. The molecule has 33 heavy (non-hydrogen) atoms. The minimum atomic E-state index is -0.396. The standard InChI is InChI=1S/C26H29ClFN5/c1-16-12-23-25(24(18(16)3)22-13-17(2)30-31(22)4)29-26(32-10-6-5-7-11-32)33(23)15-19-8-9-21(28)20(27)14-19/h8-9,12-14H,5-7,10-11,15H2,1-4H3. The van der Waals surface area contributed by atoms with Gasteiger partial charge >= 0.3 is 0 Å². The average molecular weight is 466 g/mol. The van der Waals surface area contributed by atoms with Gasteiger partial charge in [-0.2, -0.15) is 5.10 Å². The van der Waals surface area contributed by atoms with Crippen molar-refractivity contribution in [3.8, 4) is 11.3 Å². The van der Waals surface area contributed by atoms with Gasteiger partial charge in [0.05, 0.1) is 28.5 Å². The van der Waals surface area contributed by atoms with E-state index in [9.17, 15) is 4.39 Å². The van der Waals surface area contributed by atoms with Crippen LogP contribution in [0.15, 0.2) is 30.3 Å². The van der Waals surface area contributed by atoms with Gasteiger partial charge in [-0.1, -0.05) is 17.7 Å². The molecule has 0 spiro atoms. The summed E-state index contributed by atoms with van der Waals surface area (Å²) >= 11 is 6.11. The second-order valence-corrected chi connectivity index (χ2v) is 9.56. The van der Waals surface area contributed by atoms with Crippen molar-refractivity contribution in [2.45, 2.75) is 46.6 Å². The molecule has 0 atom stereocenters. The Morgan fingerprint density at radius 3 is 2.45 bits per heavy atom. The van der Waals surface area contributed by atoms with Crippen molar-refractivity contribution in [1.82, 2.24) is 19.3 Å². The molecule has 0 amide bonds. The molecule has 1 fully saturated rings. The zero-order valence-electron chi connectivity index (χ0n) is 19.6. The van der Waals surface area contributed by atoms with Crippen LogP contribution in [0.2, 0.25) is 5.02 Å². The number of benzene rings is 2. The summed E-state index contributed by atoms with van der Waals surface area (Å²) in [7, 11) is 1.99. The largest absolute Gasteiger partial charge is 0.342 e. The average Bonchev–Trinajstić information content (AvgIpc) is 3.31. The molecule has 1 aliphatic rings. The van der Waals surface area contributed by atoms with E-state index in [-0.39, 0.29) is 5.02 Å². The third-order valence-corrected chi connectivity index (χ3v) is 7.05. The van der Waals surface area contributed by atoms with Gasteiger partial charge in [0.1, 0.15) is 11.3 Å². The molecule has 0 aliphatic carbocycles. The van der Waals surface area contributed by atoms with Crippen LogP contribution in [-0.4, -0.2) is 32.4 Å². The highest BCUT2D eigenvalue weighted by Gasteiger charge is 2.24.